The molecule has 0 amide bonds. The van der Waals surface area contributed by atoms with Crippen LogP contribution in [0.3, 0.4) is 0 Å². The number of benzene rings is 1. The molecule has 0 aliphatic rings. The summed E-state index contributed by atoms with van der Waals surface area (Å²) in [5.74, 6) is 0.969. The number of aromatic nitrogens is 2. The van der Waals surface area contributed by atoms with Gasteiger partial charge < -0.3 is 5.32 Å². The Hall–Kier alpha value is -1.90. The third-order valence-electron chi connectivity index (χ3n) is 4.67. The average molecular weight is 326 g/mol. The second kappa shape index (κ2) is 8.27. The highest BCUT2D eigenvalue weighted by molar-refractivity contribution is 5.67. The monoisotopic (exact) mass is 325 g/mol. The highest BCUT2D eigenvalue weighted by Crippen LogP contribution is 2.28. The van der Waals surface area contributed by atoms with Crippen LogP contribution >= 0.6 is 0 Å². The van der Waals surface area contributed by atoms with Gasteiger partial charge in [0.1, 0.15) is 5.82 Å². The molecule has 0 atom stereocenters. The maximum Gasteiger partial charge on any atom is 0.148 e. The highest BCUT2D eigenvalue weighted by Gasteiger charge is 2.16. The van der Waals surface area contributed by atoms with Gasteiger partial charge >= 0.3 is 0 Å². The normalized spacial score (nSPS) is 11.1. The molecule has 24 heavy (non-hydrogen) atoms. The molecule has 1 aromatic carbocycles. The van der Waals surface area contributed by atoms with Crippen molar-refractivity contribution in [2.45, 2.75) is 73.3 Å². The van der Waals surface area contributed by atoms with E-state index in [0.717, 1.165) is 48.6 Å². The first kappa shape index (κ1) is 18.4. The quantitative estimate of drug-likeness (QED) is 0.732. The van der Waals surface area contributed by atoms with Crippen molar-refractivity contribution in [1.29, 1.82) is 0 Å². The van der Waals surface area contributed by atoms with Gasteiger partial charge in [0.2, 0.25) is 0 Å². The number of rotatable bonds is 7. The second-order valence-corrected chi connectivity index (χ2v) is 6.50. The van der Waals surface area contributed by atoms with Crippen LogP contribution in [0.4, 0.5) is 5.82 Å². The molecule has 130 valence electrons. The van der Waals surface area contributed by atoms with Crippen molar-refractivity contribution in [3.05, 3.63) is 40.7 Å². The third kappa shape index (κ3) is 3.95. The molecule has 2 rings (SSSR count). The molecule has 0 aliphatic carbocycles. The maximum atomic E-state index is 5.02. The number of hydrogen-bond donors (Lipinski definition) is 1. The molecule has 0 aliphatic heterocycles. The Morgan fingerprint density at radius 2 is 1.58 bits per heavy atom. The number of nitrogens with zero attached hydrogens (tertiary/aromatic N) is 2. The van der Waals surface area contributed by atoms with Crippen molar-refractivity contribution in [1.82, 2.24) is 9.97 Å². The highest BCUT2D eigenvalue weighted by atomic mass is 15.0. The minimum Gasteiger partial charge on any atom is -0.366 e. The van der Waals surface area contributed by atoms with Crippen LogP contribution in [0.1, 0.15) is 63.1 Å². The Balaban J connectivity index is 2.53. The molecule has 0 spiro atoms. The second-order valence-electron chi connectivity index (χ2n) is 6.50. The molecule has 2 aromatic rings. The summed E-state index contributed by atoms with van der Waals surface area (Å²) in [7, 11) is 0. The zero-order valence-electron chi connectivity index (χ0n) is 16.0. The summed E-state index contributed by atoms with van der Waals surface area (Å²) < 4.78 is 0. The van der Waals surface area contributed by atoms with Gasteiger partial charge in [-0.05, 0) is 45.1 Å². The number of aryl methyl sites for hydroxylation is 4. The number of anilines is 1. The van der Waals surface area contributed by atoms with Crippen molar-refractivity contribution in [3.8, 4) is 11.3 Å². The van der Waals surface area contributed by atoms with Gasteiger partial charge in [-0.1, -0.05) is 51.5 Å². The molecule has 0 unspecified atom stereocenters. The van der Waals surface area contributed by atoms with E-state index in [-0.39, 0.29) is 0 Å². The average Bonchev–Trinajstić information content (AvgIpc) is 2.59. The fourth-order valence-electron chi connectivity index (χ4n) is 3.09. The van der Waals surface area contributed by atoms with E-state index in [4.69, 9.17) is 9.97 Å². The molecular weight excluding hydrogens is 294 g/mol. The van der Waals surface area contributed by atoms with Crippen LogP contribution in [0, 0.1) is 13.8 Å². The standard InChI is InChI=1S/C21H31N3/c1-7-16(8-2)22-21-19(10-4)23-20(18(9-3)24-21)17-12-11-14(5)13-15(17)6/h11-13,16H,7-10H2,1-6H3,(H,22,24). The molecular formula is C21H31N3. The van der Waals surface area contributed by atoms with Gasteiger partial charge in [0, 0.05) is 11.6 Å². The maximum absolute atomic E-state index is 5.02. The van der Waals surface area contributed by atoms with Crippen LogP contribution in [-0.2, 0) is 12.8 Å². The first-order valence-electron chi connectivity index (χ1n) is 9.27. The topological polar surface area (TPSA) is 37.8 Å². The molecule has 1 N–H and O–H groups in total. The van der Waals surface area contributed by atoms with Gasteiger partial charge in [0.25, 0.3) is 0 Å². The van der Waals surface area contributed by atoms with Crippen LogP contribution in [-0.4, -0.2) is 16.0 Å². The smallest absolute Gasteiger partial charge is 0.148 e. The molecule has 0 radical (unpaired) electrons. The fourth-order valence-corrected chi connectivity index (χ4v) is 3.09. The number of nitrogens with one attached hydrogen (secondary N) is 1. The van der Waals surface area contributed by atoms with E-state index in [1.807, 2.05) is 0 Å². The molecule has 1 heterocycles. The minimum absolute atomic E-state index is 0.460. The lowest BCUT2D eigenvalue weighted by atomic mass is 10.0. The van der Waals surface area contributed by atoms with Crippen molar-refractivity contribution in [3.63, 3.8) is 0 Å². The van der Waals surface area contributed by atoms with E-state index < -0.39 is 0 Å². The van der Waals surface area contributed by atoms with Crippen LogP contribution in [0.5, 0.6) is 0 Å². The first-order valence-corrected chi connectivity index (χ1v) is 9.27. The van der Waals surface area contributed by atoms with Gasteiger partial charge in [-0.25, -0.2) is 9.97 Å². The molecule has 0 saturated heterocycles. The van der Waals surface area contributed by atoms with Crippen LogP contribution in [0.2, 0.25) is 0 Å². The molecule has 0 saturated carbocycles. The molecule has 0 bridgehead atoms. The van der Waals surface area contributed by atoms with E-state index in [0.29, 0.717) is 6.04 Å². The Kier molecular flexibility index (Phi) is 6.36. The van der Waals surface area contributed by atoms with Gasteiger partial charge in [-0.3, -0.25) is 0 Å². The van der Waals surface area contributed by atoms with Crippen LogP contribution in [0.25, 0.3) is 11.3 Å². The van der Waals surface area contributed by atoms with E-state index in [9.17, 15) is 0 Å². The summed E-state index contributed by atoms with van der Waals surface area (Å²) in [6, 6.07) is 7.02. The zero-order chi connectivity index (χ0) is 17.7. The van der Waals surface area contributed by atoms with E-state index in [2.05, 4.69) is 65.1 Å². The predicted octanol–water partition coefficient (Wildman–Crippen LogP) is 5.49. The van der Waals surface area contributed by atoms with Crippen molar-refractivity contribution in [2.24, 2.45) is 0 Å². The lowest BCUT2D eigenvalue weighted by Gasteiger charge is -2.20. The van der Waals surface area contributed by atoms with Crippen molar-refractivity contribution in [2.75, 3.05) is 5.32 Å². The molecule has 3 nitrogen and oxygen atoms in total. The minimum atomic E-state index is 0.460. The largest absolute Gasteiger partial charge is 0.366 e. The predicted molar refractivity (Wildman–Crippen MR) is 104 cm³/mol. The lowest BCUT2D eigenvalue weighted by Crippen LogP contribution is -2.20. The lowest BCUT2D eigenvalue weighted by molar-refractivity contribution is 0.665. The molecule has 0 fully saturated rings. The first-order chi connectivity index (χ1) is 11.5. The zero-order valence-corrected chi connectivity index (χ0v) is 16.0. The van der Waals surface area contributed by atoms with Gasteiger partial charge in [-0.15, -0.1) is 0 Å². The van der Waals surface area contributed by atoms with Crippen molar-refractivity contribution < 1.29 is 0 Å². The Labute approximate surface area is 146 Å². The Morgan fingerprint density at radius 1 is 0.917 bits per heavy atom. The summed E-state index contributed by atoms with van der Waals surface area (Å²) in [6.07, 6.45) is 3.97. The van der Waals surface area contributed by atoms with Gasteiger partial charge in [-0.2, -0.15) is 0 Å². The Morgan fingerprint density at radius 3 is 2.12 bits per heavy atom. The third-order valence-corrected chi connectivity index (χ3v) is 4.67. The van der Waals surface area contributed by atoms with Crippen LogP contribution in [0.15, 0.2) is 18.2 Å². The molecule has 1 aromatic heterocycles. The summed E-state index contributed by atoms with van der Waals surface area (Å²) in [5.41, 5.74) is 6.93. The fraction of sp³-hybridized carbons (Fsp3) is 0.524. The summed E-state index contributed by atoms with van der Waals surface area (Å²) >= 11 is 0. The van der Waals surface area contributed by atoms with Gasteiger partial charge in [0.15, 0.2) is 0 Å². The molecule has 3 heteroatoms. The summed E-state index contributed by atoms with van der Waals surface area (Å²) in [4.78, 5) is 9.98. The van der Waals surface area contributed by atoms with E-state index in [1.54, 1.807) is 0 Å². The van der Waals surface area contributed by atoms with E-state index in [1.165, 1.54) is 16.7 Å². The SMILES string of the molecule is CCc1nc(-c2ccc(C)cc2C)c(CC)nc1NC(CC)CC. The van der Waals surface area contributed by atoms with Crippen LogP contribution < -0.4 is 5.32 Å². The summed E-state index contributed by atoms with van der Waals surface area (Å²) in [6.45, 7) is 13.0. The van der Waals surface area contributed by atoms with Crippen molar-refractivity contribution >= 4 is 5.82 Å². The Bertz CT molecular complexity index is 688. The van der Waals surface area contributed by atoms with Gasteiger partial charge in [0.05, 0.1) is 17.1 Å². The van der Waals surface area contributed by atoms with E-state index >= 15 is 0 Å². The summed E-state index contributed by atoms with van der Waals surface area (Å²) in [5, 5.41) is 3.60. The number of hydrogen-bond acceptors (Lipinski definition) is 3.